The van der Waals surface area contributed by atoms with Crippen LogP contribution in [0, 0.1) is 18.8 Å². The lowest BCUT2D eigenvalue weighted by molar-refractivity contribution is 0.0515. The average Bonchev–Trinajstić information content (AvgIpc) is 2.42. The summed E-state index contributed by atoms with van der Waals surface area (Å²) < 4.78 is 5.29. The van der Waals surface area contributed by atoms with Gasteiger partial charge in [0.25, 0.3) is 0 Å². The van der Waals surface area contributed by atoms with Crippen molar-refractivity contribution in [1.29, 1.82) is 0 Å². The Labute approximate surface area is 141 Å². The van der Waals surface area contributed by atoms with Crippen molar-refractivity contribution in [3.8, 4) is 0 Å². The molecule has 0 bridgehead atoms. The highest BCUT2D eigenvalue weighted by molar-refractivity contribution is 5.67. The van der Waals surface area contributed by atoms with Crippen LogP contribution in [0.3, 0.4) is 0 Å². The van der Waals surface area contributed by atoms with Gasteiger partial charge in [-0.25, -0.2) is 4.79 Å². The van der Waals surface area contributed by atoms with Gasteiger partial charge in [0.15, 0.2) is 0 Å². The number of aryl methyl sites for hydroxylation is 1. The SMILES string of the molecule is Cc1ccccc1CNCC(CNC(=O)OC(C)(C)C)C(C)C. The first-order chi connectivity index (χ1) is 10.7. The zero-order valence-electron chi connectivity index (χ0n) is 15.4. The minimum absolute atomic E-state index is 0.345. The number of nitrogens with one attached hydrogen (secondary N) is 2. The first-order valence-electron chi connectivity index (χ1n) is 8.41. The summed E-state index contributed by atoms with van der Waals surface area (Å²) in [5, 5.41) is 6.38. The second-order valence-electron chi connectivity index (χ2n) is 7.44. The molecule has 1 amide bonds. The van der Waals surface area contributed by atoms with E-state index < -0.39 is 5.60 Å². The van der Waals surface area contributed by atoms with E-state index in [1.54, 1.807) is 0 Å². The van der Waals surface area contributed by atoms with Gasteiger partial charge in [-0.05, 0) is 50.7 Å². The van der Waals surface area contributed by atoms with E-state index in [-0.39, 0.29) is 6.09 Å². The number of carbonyl (C=O) groups excluding carboxylic acids is 1. The molecule has 1 unspecified atom stereocenters. The minimum Gasteiger partial charge on any atom is -0.444 e. The molecule has 23 heavy (non-hydrogen) atoms. The van der Waals surface area contributed by atoms with Crippen molar-refractivity contribution < 1.29 is 9.53 Å². The van der Waals surface area contributed by atoms with E-state index in [1.807, 2.05) is 20.8 Å². The molecule has 0 aliphatic heterocycles. The van der Waals surface area contributed by atoms with Gasteiger partial charge in [0.05, 0.1) is 0 Å². The van der Waals surface area contributed by atoms with E-state index in [2.05, 4.69) is 55.7 Å². The lowest BCUT2D eigenvalue weighted by Crippen LogP contribution is -2.39. The molecule has 0 aliphatic rings. The maximum atomic E-state index is 11.8. The number of amides is 1. The van der Waals surface area contributed by atoms with Gasteiger partial charge >= 0.3 is 6.09 Å². The number of ether oxygens (including phenoxy) is 1. The number of benzene rings is 1. The molecule has 0 aromatic heterocycles. The van der Waals surface area contributed by atoms with Crippen LogP contribution in [-0.4, -0.2) is 24.8 Å². The van der Waals surface area contributed by atoms with E-state index in [1.165, 1.54) is 11.1 Å². The molecule has 4 heteroatoms. The Bertz CT molecular complexity index is 492. The summed E-state index contributed by atoms with van der Waals surface area (Å²) >= 11 is 0. The summed E-state index contributed by atoms with van der Waals surface area (Å²) in [5.74, 6) is 0.848. The number of hydrogen-bond donors (Lipinski definition) is 2. The normalized spacial score (nSPS) is 13.0. The van der Waals surface area contributed by atoms with Crippen molar-refractivity contribution in [2.75, 3.05) is 13.1 Å². The van der Waals surface area contributed by atoms with Gasteiger partial charge in [-0.1, -0.05) is 38.1 Å². The van der Waals surface area contributed by atoms with Crippen molar-refractivity contribution >= 4 is 6.09 Å². The van der Waals surface area contributed by atoms with Crippen LogP contribution in [0.1, 0.15) is 45.7 Å². The Morgan fingerprint density at radius 3 is 2.39 bits per heavy atom. The monoisotopic (exact) mass is 320 g/mol. The predicted octanol–water partition coefficient (Wildman–Crippen LogP) is 3.88. The van der Waals surface area contributed by atoms with Crippen molar-refractivity contribution in [2.45, 2.75) is 53.7 Å². The van der Waals surface area contributed by atoms with Gasteiger partial charge in [0.2, 0.25) is 0 Å². The largest absolute Gasteiger partial charge is 0.444 e. The molecule has 0 fully saturated rings. The Balaban J connectivity index is 2.41. The molecule has 2 N–H and O–H groups in total. The van der Waals surface area contributed by atoms with Crippen molar-refractivity contribution in [3.63, 3.8) is 0 Å². The van der Waals surface area contributed by atoms with Crippen LogP contribution >= 0.6 is 0 Å². The highest BCUT2D eigenvalue weighted by Crippen LogP contribution is 2.11. The Morgan fingerprint density at radius 1 is 1.17 bits per heavy atom. The molecule has 4 nitrogen and oxygen atoms in total. The van der Waals surface area contributed by atoms with E-state index in [9.17, 15) is 4.79 Å². The van der Waals surface area contributed by atoms with E-state index in [0.717, 1.165) is 13.1 Å². The van der Waals surface area contributed by atoms with Crippen LogP contribution in [0.5, 0.6) is 0 Å². The average molecular weight is 320 g/mol. The Morgan fingerprint density at radius 2 is 1.83 bits per heavy atom. The summed E-state index contributed by atoms with van der Waals surface area (Å²) in [5.41, 5.74) is 2.16. The van der Waals surface area contributed by atoms with E-state index in [4.69, 9.17) is 4.74 Å². The Hall–Kier alpha value is -1.55. The minimum atomic E-state index is -0.458. The molecule has 1 atom stereocenters. The summed E-state index contributed by atoms with van der Waals surface area (Å²) in [6.07, 6.45) is -0.345. The van der Waals surface area contributed by atoms with Gasteiger partial charge in [-0.3, -0.25) is 0 Å². The predicted molar refractivity (Wildman–Crippen MR) is 95.5 cm³/mol. The molecule has 0 radical (unpaired) electrons. The third-order valence-electron chi connectivity index (χ3n) is 3.83. The highest BCUT2D eigenvalue weighted by Gasteiger charge is 2.19. The summed E-state index contributed by atoms with van der Waals surface area (Å²) in [6.45, 7) is 14.4. The lowest BCUT2D eigenvalue weighted by atomic mass is 9.95. The molecule has 0 aliphatic carbocycles. The van der Waals surface area contributed by atoms with Gasteiger partial charge in [0, 0.05) is 19.6 Å². The molecule has 0 saturated carbocycles. The maximum Gasteiger partial charge on any atom is 0.407 e. The summed E-state index contributed by atoms with van der Waals surface area (Å²) in [4.78, 5) is 11.8. The van der Waals surface area contributed by atoms with Gasteiger partial charge in [-0.2, -0.15) is 0 Å². The molecule has 0 spiro atoms. The van der Waals surface area contributed by atoms with Crippen LogP contribution in [0.15, 0.2) is 24.3 Å². The molecule has 1 aromatic carbocycles. The van der Waals surface area contributed by atoms with Crippen molar-refractivity contribution in [1.82, 2.24) is 10.6 Å². The molecule has 130 valence electrons. The highest BCUT2D eigenvalue weighted by atomic mass is 16.6. The topological polar surface area (TPSA) is 50.4 Å². The van der Waals surface area contributed by atoms with Crippen molar-refractivity contribution in [2.24, 2.45) is 11.8 Å². The van der Waals surface area contributed by atoms with Crippen molar-refractivity contribution in [3.05, 3.63) is 35.4 Å². The summed E-state index contributed by atoms with van der Waals surface area (Å²) in [7, 11) is 0. The van der Waals surface area contributed by atoms with Crippen LogP contribution < -0.4 is 10.6 Å². The number of alkyl carbamates (subject to hydrolysis) is 1. The lowest BCUT2D eigenvalue weighted by Gasteiger charge is -2.24. The molecular weight excluding hydrogens is 288 g/mol. The van der Waals surface area contributed by atoms with Crippen LogP contribution in [0.25, 0.3) is 0 Å². The fraction of sp³-hybridized carbons (Fsp3) is 0.632. The number of hydrogen-bond acceptors (Lipinski definition) is 3. The quantitative estimate of drug-likeness (QED) is 0.801. The Kier molecular flexibility index (Phi) is 7.56. The second kappa shape index (κ2) is 8.92. The standard InChI is InChI=1S/C19H32N2O2/c1-14(2)17(13-21-18(22)23-19(4,5)6)12-20-11-16-10-8-7-9-15(16)3/h7-10,14,17,20H,11-13H2,1-6H3,(H,21,22). The maximum absolute atomic E-state index is 11.8. The fourth-order valence-electron chi connectivity index (χ4n) is 2.27. The number of carbonyl (C=O) groups is 1. The van der Waals surface area contributed by atoms with E-state index >= 15 is 0 Å². The smallest absolute Gasteiger partial charge is 0.407 e. The number of rotatable bonds is 7. The molecule has 1 rings (SSSR count). The third kappa shape index (κ3) is 8.03. The molecule has 0 saturated heterocycles. The second-order valence-corrected chi connectivity index (χ2v) is 7.44. The van der Waals surface area contributed by atoms with Gasteiger partial charge < -0.3 is 15.4 Å². The van der Waals surface area contributed by atoms with Crippen LogP contribution in [0.2, 0.25) is 0 Å². The third-order valence-corrected chi connectivity index (χ3v) is 3.83. The fourth-order valence-corrected chi connectivity index (χ4v) is 2.27. The van der Waals surface area contributed by atoms with E-state index in [0.29, 0.717) is 18.4 Å². The zero-order chi connectivity index (χ0) is 17.5. The molecule has 1 aromatic rings. The van der Waals surface area contributed by atoms with Gasteiger partial charge in [0.1, 0.15) is 5.60 Å². The molecular formula is C19H32N2O2. The van der Waals surface area contributed by atoms with Gasteiger partial charge in [-0.15, -0.1) is 0 Å². The first-order valence-corrected chi connectivity index (χ1v) is 8.41. The molecule has 0 heterocycles. The van der Waals surface area contributed by atoms with Crippen LogP contribution in [0.4, 0.5) is 4.79 Å². The summed E-state index contributed by atoms with van der Waals surface area (Å²) in [6, 6.07) is 8.39. The van der Waals surface area contributed by atoms with Crippen LogP contribution in [-0.2, 0) is 11.3 Å². The first kappa shape index (κ1) is 19.5. The zero-order valence-corrected chi connectivity index (χ0v) is 15.4.